The van der Waals surface area contributed by atoms with E-state index in [4.69, 9.17) is 0 Å². The van der Waals surface area contributed by atoms with Crippen molar-refractivity contribution in [2.24, 2.45) is 0 Å². The van der Waals surface area contributed by atoms with E-state index in [-0.39, 0.29) is 17.5 Å². The van der Waals surface area contributed by atoms with Gasteiger partial charge in [0.2, 0.25) is 0 Å². The first-order valence-corrected chi connectivity index (χ1v) is 11.4. The molecule has 4 aromatic rings. The Kier molecular flexibility index (Phi) is 5.84. The zero-order valence-electron chi connectivity index (χ0n) is 18.9. The Hall–Kier alpha value is -4.00. The van der Waals surface area contributed by atoms with E-state index in [1.165, 1.54) is 6.07 Å². The lowest BCUT2D eigenvalue weighted by atomic mass is 10.0. The van der Waals surface area contributed by atoms with Gasteiger partial charge in [-0.25, -0.2) is 9.37 Å². The minimum atomic E-state index is -0.308. The lowest BCUT2D eigenvalue weighted by Crippen LogP contribution is -2.35. The van der Waals surface area contributed by atoms with Crippen molar-refractivity contribution in [1.29, 1.82) is 0 Å². The van der Waals surface area contributed by atoms with Crippen LogP contribution >= 0.6 is 0 Å². The van der Waals surface area contributed by atoms with Gasteiger partial charge in [-0.2, -0.15) is 5.10 Å². The molecule has 2 aromatic heterocycles. The van der Waals surface area contributed by atoms with Crippen molar-refractivity contribution in [3.63, 3.8) is 0 Å². The standard InChI is InChI=1S/C27H25FN4O2/c1-17-5-6-18(22(28)15-17)9-12-23-25-21(27(34)32-13-3-2-4-14-32)16-24(29-26(25)31-30-23)19-7-10-20(33)11-8-19/h5-12,15-16,33H,2-4,13-14H2,1H3,(H,29,30,31)/b12-9+. The van der Waals surface area contributed by atoms with Gasteiger partial charge in [-0.1, -0.05) is 12.1 Å². The third-order valence-electron chi connectivity index (χ3n) is 6.17. The number of nitrogens with zero attached hydrogens (tertiary/aromatic N) is 3. The number of H-pyrrole nitrogens is 1. The Morgan fingerprint density at radius 1 is 1.06 bits per heavy atom. The van der Waals surface area contributed by atoms with E-state index < -0.39 is 0 Å². The zero-order chi connectivity index (χ0) is 23.7. The van der Waals surface area contributed by atoms with Crippen LogP contribution in [0.2, 0.25) is 0 Å². The molecular formula is C27H25FN4O2. The molecule has 0 saturated carbocycles. The van der Waals surface area contributed by atoms with Gasteiger partial charge >= 0.3 is 0 Å². The number of fused-ring (bicyclic) bond motifs is 1. The highest BCUT2D eigenvalue weighted by Crippen LogP contribution is 2.29. The topological polar surface area (TPSA) is 82.1 Å². The molecule has 7 heteroatoms. The number of amides is 1. The molecule has 0 unspecified atom stereocenters. The van der Waals surface area contributed by atoms with Gasteiger partial charge in [-0.05, 0) is 80.3 Å². The Morgan fingerprint density at radius 2 is 1.82 bits per heavy atom. The molecule has 0 radical (unpaired) electrons. The van der Waals surface area contributed by atoms with E-state index in [1.807, 2.05) is 17.9 Å². The minimum absolute atomic E-state index is 0.0651. The Morgan fingerprint density at radius 3 is 2.56 bits per heavy atom. The predicted molar refractivity (Wildman–Crippen MR) is 131 cm³/mol. The summed E-state index contributed by atoms with van der Waals surface area (Å²) < 4.78 is 14.3. The summed E-state index contributed by atoms with van der Waals surface area (Å²) in [5.41, 5.74) is 4.18. The first-order chi connectivity index (χ1) is 16.5. The highest BCUT2D eigenvalue weighted by atomic mass is 19.1. The summed E-state index contributed by atoms with van der Waals surface area (Å²) in [7, 11) is 0. The Balaban J connectivity index is 1.62. The molecule has 34 heavy (non-hydrogen) atoms. The summed E-state index contributed by atoms with van der Waals surface area (Å²) in [6.07, 6.45) is 6.49. The third kappa shape index (κ3) is 4.29. The molecule has 1 aliphatic rings. The summed E-state index contributed by atoms with van der Waals surface area (Å²) in [4.78, 5) is 20.1. The van der Waals surface area contributed by atoms with E-state index in [0.29, 0.717) is 33.5 Å². The van der Waals surface area contributed by atoms with Crippen molar-refractivity contribution in [3.8, 4) is 17.0 Å². The van der Waals surface area contributed by atoms with E-state index in [0.717, 1.165) is 43.5 Å². The third-order valence-corrected chi connectivity index (χ3v) is 6.17. The predicted octanol–water partition coefficient (Wildman–Crippen LogP) is 5.57. The molecule has 2 aromatic carbocycles. The average Bonchev–Trinajstić information content (AvgIpc) is 3.26. The number of aromatic hydroxyl groups is 1. The minimum Gasteiger partial charge on any atom is -0.508 e. The number of likely N-dealkylation sites (tertiary alicyclic amines) is 1. The van der Waals surface area contributed by atoms with E-state index in [2.05, 4.69) is 15.2 Å². The first-order valence-electron chi connectivity index (χ1n) is 11.4. The van der Waals surface area contributed by atoms with Gasteiger partial charge in [0.15, 0.2) is 5.65 Å². The van der Waals surface area contributed by atoms with Gasteiger partial charge in [-0.15, -0.1) is 0 Å². The maximum absolute atomic E-state index is 14.3. The molecule has 2 N–H and O–H groups in total. The number of hydrogen-bond donors (Lipinski definition) is 2. The largest absolute Gasteiger partial charge is 0.508 e. The summed E-state index contributed by atoms with van der Waals surface area (Å²) in [6, 6.07) is 13.5. The lowest BCUT2D eigenvalue weighted by molar-refractivity contribution is 0.0726. The number of benzene rings is 2. The van der Waals surface area contributed by atoms with Crippen LogP contribution in [0.4, 0.5) is 4.39 Å². The van der Waals surface area contributed by atoms with Crippen LogP contribution in [0, 0.1) is 12.7 Å². The molecule has 0 bridgehead atoms. The molecule has 1 saturated heterocycles. The number of halogens is 1. The molecule has 0 aliphatic carbocycles. The quantitative estimate of drug-likeness (QED) is 0.420. The highest BCUT2D eigenvalue weighted by molar-refractivity contribution is 6.09. The van der Waals surface area contributed by atoms with Crippen molar-refractivity contribution in [2.75, 3.05) is 13.1 Å². The number of pyridine rings is 1. The summed E-state index contributed by atoms with van der Waals surface area (Å²) in [6.45, 7) is 3.28. The number of rotatable bonds is 4. The number of phenols is 1. The number of hydrogen-bond acceptors (Lipinski definition) is 4. The van der Waals surface area contributed by atoms with E-state index in [1.54, 1.807) is 48.6 Å². The number of aromatic nitrogens is 3. The van der Waals surface area contributed by atoms with Crippen LogP contribution in [-0.4, -0.2) is 44.2 Å². The van der Waals surface area contributed by atoms with E-state index >= 15 is 0 Å². The van der Waals surface area contributed by atoms with Gasteiger partial charge in [0, 0.05) is 24.2 Å². The van der Waals surface area contributed by atoms with E-state index in [9.17, 15) is 14.3 Å². The fraction of sp³-hybridized carbons (Fsp3) is 0.222. The Bertz CT molecular complexity index is 1390. The van der Waals surface area contributed by atoms with Crippen LogP contribution in [-0.2, 0) is 0 Å². The van der Waals surface area contributed by atoms with Crippen molar-refractivity contribution in [3.05, 3.63) is 76.7 Å². The number of aromatic amines is 1. The number of carbonyl (C=O) groups excluding carboxylic acids is 1. The van der Waals surface area contributed by atoms with Gasteiger partial charge in [0.05, 0.1) is 22.3 Å². The van der Waals surface area contributed by atoms with Gasteiger partial charge < -0.3 is 10.0 Å². The lowest BCUT2D eigenvalue weighted by Gasteiger charge is -2.27. The van der Waals surface area contributed by atoms with Crippen molar-refractivity contribution in [2.45, 2.75) is 26.2 Å². The number of carbonyl (C=O) groups is 1. The second kappa shape index (κ2) is 9.09. The SMILES string of the molecule is Cc1ccc(/C=C/c2[nH]nc3nc(-c4ccc(O)cc4)cc(C(=O)N4CCCCC4)c23)c(F)c1. The second-order valence-electron chi connectivity index (χ2n) is 8.65. The first kappa shape index (κ1) is 21.8. The number of aryl methyl sites for hydroxylation is 1. The van der Waals surface area contributed by atoms with Crippen LogP contribution in [0.1, 0.15) is 46.4 Å². The molecule has 0 atom stereocenters. The molecular weight excluding hydrogens is 431 g/mol. The molecule has 1 amide bonds. The van der Waals surface area contributed by atoms with Crippen LogP contribution in [0.3, 0.4) is 0 Å². The number of phenolic OH excluding ortho intramolecular Hbond substituents is 1. The summed E-state index contributed by atoms with van der Waals surface area (Å²) in [5, 5.41) is 17.6. The smallest absolute Gasteiger partial charge is 0.254 e. The Labute approximate surface area is 196 Å². The average molecular weight is 457 g/mol. The van der Waals surface area contributed by atoms with Gasteiger partial charge in [0.25, 0.3) is 5.91 Å². The monoisotopic (exact) mass is 456 g/mol. The van der Waals surface area contributed by atoms with Crippen LogP contribution < -0.4 is 0 Å². The maximum atomic E-state index is 14.3. The molecule has 5 rings (SSSR count). The molecule has 3 heterocycles. The number of piperidine rings is 1. The molecule has 6 nitrogen and oxygen atoms in total. The molecule has 1 aliphatic heterocycles. The molecule has 1 fully saturated rings. The second-order valence-corrected chi connectivity index (χ2v) is 8.65. The summed E-state index contributed by atoms with van der Waals surface area (Å²) >= 11 is 0. The van der Waals surface area contributed by atoms with Gasteiger partial charge in [-0.3, -0.25) is 9.89 Å². The normalized spacial score (nSPS) is 14.2. The van der Waals surface area contributed by atoms with Gasteiger partial charge in [0.1, 0.15) is 11.6 Å². The highest BCUT2D eigenvalue weighted by Gasteiger charge is 2.24. The maximum Gasteiger partial charge on any atom is 0.254 e. The van der Waals surface area contributed by atoms with Crippen molar-refractivity contribution < 1.29 is 14.3 Å². The fourth-order valence-electron chi connectivity index (χ4n) is 4.32. The van der Waals surface area contributed by atoms with Crippen LogP contribution in [0.15, 0.2) is 48.5 Å². The zero-order valence-corrected chi connectivity index (χ0v) is 18.9. The summed E-state index contributed by atoms with van der Waals surface area (Å²) in [5.74, 6) is -0.216. The van der Waals surface area contributed by atoms with Crippen molar-refractivity contribution in [1.82, 2.24) is 20.1 Å². The fourth-order valence-corrected chi connectivity index (χ4v) is 4.32. The molecule has 172 valence electrons. The number of nitrogens with one attached hydrogen (secondary N) is 1. The van der Waals surface area contributed by atoms with Crippen LogP contribution in [0.25, 0.3) is 34.4 Å². The van der Waals surface area contributed by atoms with Crippen LogP contribution in [0.5, 0.6) is 5.75 Å². The van der Waals surface area contributed by atoms with Crippen molar-refractivity contribution >= 4 is 29.1 Å². The molecule has 0 spiro atoms.